The third kappa shape index (κ3) is 2.54. The molecular formula is C17H16N6O. The number of hydrogen-bond acceptors (Lipinski definition) is 6. The highest BCUT2D eigenvalue weighted by Crippen LogP contribution is 2.31. The van der Waals surface area contributed by atoms with E-state index < -0.39 is 0 Å². The van der Waals surface area contributed by atoms with Crippen LogP contribution in [0.25, 0.3) is 22.5 Å². The van der Waals surface area contributed by atoms with Gasteiger partial charge in [0.05, 0.1) is 24.7 Å². The Kier molecular flexibility index (Phi) is 3.88. The van der Waals surface area contributed by atoms with Crippen LogP contribution < -0.4 is 10.5 Å². The molecule has 2 N–H and O–H groups in total. The lowest BCUT2D eigenvalue weighted by atomic mass is 10.0. The fourth-order valence-electron chi connectivity index (χ4n) is 2.44. The maximum atomic E-state index is 9.46. The van der Waals surface area contributed by atoms with Crippen LogP contribution in [0.2, 0.25) is 0 Å². The molecule has 0 saturated heterocycles. The number of methoxy groups -OCH3 is 1. The molecule has 0 aliphatic rings. The minimum atomic E-state index is 0.180. The van der Waals surface area contributed by atoms with Crippen LogP contribution in [0.4, 0.5) is 5.82 Å². The van der Waals surface area contributed by atoms with Gasteiger partial charge in [0.25, 0.3) is 0 Å². The number of nitrogen functional groups attached to an aromatic ring is 1. The largest absolute Gasteiger partial charge is 0.481 e. The topological polar surface area (TPSA) is 103 Å². The summed E-state index contributed by atoms with van der Waals surface area (Å²) in [6, 6.07) is 7.55. The first-order chi connectivity index (χ1) is 11.5. The highest BCUT2D eigenvalue weighted by molar-refractivity contribution is 5.78. The molecule has 0 radical (unpaired) electrons. The van der Waals surface area contributed by atoms with Crippen LogP contribution in [0.1, 0.15) is 11.4 Å². The number of aryl methyl sites for hydroxylation is 1. The van der Waals surface area contributed by atoms with Gasteiger partial charge < -0.3 is 15.0 Å². The Morgan fingerprint density at radius 2 is 2.04 bits per heavy atom. The number of nitrogens with zero attached hydrogens (tertiary/aromatic N) is 5. The van der Waals surface area contributed by atoms with Crippen molar-refractivity contribution in [3.8, 4) is 34.5 Å². The molecule has 7 nitrogen and oxygen atoms in total. The number of rotatable bonds is 3. The van der Waals surface area contributed by atoms with E-state index in [1.807, 2.05) is 30.7 Å². The Bertz CT molecular complexity index is 937. The molecule has 7 heteroatoms. The second-order valence-electron chi connectivity index (χ2n) is 5.27. The van der Waals surface area contributed by atoms with Gasteiger partial charge in [-0.3, -0.25) is 0 Å². The fourth-order valence-corrected chi connectivity index (χ4v) is 2.44. The van der Waals surface area contributed by atoms with E-state index in [1.54, 1.807) is 25.6 Å². The third-order valence-corrected chi connectivity index (χ3v) is 3.90. The molecule has 0 aliphatic heterocycles. The Hall–Kier alpha value is -3.40. The van der Waals surface area contributed by atoms with Crippen LogP contribution >= 0.6 is 0 Å². The average molecular weight is 320 g/mol. The van der Waals surface area contributed by atoms with Gasteiger partial charge in [0, 0.05) is 30.4 Å². The molecule has 0 spiro atoms. The van der Waals surface area contributed by atoms with Crippen LogP contribution in [0.5, 0.6) is 5.88 Å². The molecule has 0 atom stereocenters. The Morgan fingerprint density at radius 3 is 2.58 bits per heavy atom. The van der Waals surface area contributed by atoms with Gasteiger partial charge >= 0.3 is 0 Å². The van der Waals surface area contributed by atoms with Crippen molar-refractivity contribution in [2.75, 3.05) is 12.8 Å². The highest BCUT2D eigenvalue weighted by atomic mass is 16.5. The number of anilines is 1. The van der Waals surface area contributed by atoms with Crippen LogP contribution in [-0.4, -0.2) is 26.6 Å². The Morgan fingerprint density at radius 1 is 1.25 bits per heavy atom. The summed E-state index contributed by atoms with van der Waals surface area (Å²) in [5, 5.41) is 9.46. The summed E-state index contributed by atoms with van der Waals surface area (Å²) < 4.78 is 6.97. The summed E-state index contributed by atoms with van der Waals surface area (Å²) in [6.45, 7) is 1.90. The number of nitriles is 1. The van der Waals surface area contributed by atoms with Crippen molar-refractivity contribution in [1.82, 2.24) is 19.5 Å². The molecule has 120 valence electrons. The van der Waals surface area contributed by atoms with E-state index in [2.05, 4.69) is 21.0 Å². The van der Waals surface area contributed by atoms with E-state index in [1.165, 1.54) is 0 Å². The van der Waals surface area contributed by atoms with Crippen LogP contribution in [-0.2, 0) is 7.05 Å². The molecule has 0 unspecified atom stereocenters. The third-order valence-electron chi connectivity index (χ3n) is 3.90. The molecule has 0 amide bonds. The summed E-state index contributed by atoms with van der Waals surface area (Å²) in [5.41, 5.74) is 9.27. The second-order valence-corrected chi connectivity index (χ2v) is 5.27. The van der Waals surface area contributed by atoms with Crippen LogP contribution in [0.3, 0.4) is 0 Å². The van der Waals surface area contributed by atoms with Gasteiger partial charge in [0.2, 0.25) is 5.88 Å². The van der Waals surface area contributed by atoms with Crippen molar-refractivity contribution in [1.29, 1.82) is 5.26 Å². The van der Waals surface area contributed by atoms with Gasteiger partial charge in [0.1, 0.15) is 23.3 Å². The molecule has 0 aliphatic carbocycles. The van der Waals surface area contributed by atoms with Gasteiger partial charge in [-0.25, -0.2) is 15.0 Å². The number of ether oxygens (including phenoxy) is 1. The maximum absolute atomic E-state index is 9.46. The van der Waals surface area contributed by atoms with Crippen molar-refractivity contribution in [3.63, 3.8) is 0 Å². The second kappa shape index (κ2) is 6.01. The Balaban J connectivity index is 2.20. The molecule has 0 fully saturated rings. The predicted molar refractivity (Wildman–Crippen MR) is 90.1 cm³/mol. The lowest BCUT2D eigenvalue weighted by Crippen LogP contribution is -2.02. The smallest absolute Gasteiger partial charge is 0.212 e. The van der Waals surface area contributed by atoms with Crippen LogP contribution in [0, 0.1) is 18.3 Å². The Labute approximate surface area is 139 Å². The maximum Gasteiger partial charge on any atom is 0.212 e. The molecule has 3 aromatic heterocycles. The molecule has 24 heavy (non-hydrogen) atoms. The van der Waals surface area contributed by atoms with Crippen molar-refractivity contribution < 1.29 is 4.74 Å². The number of nitrogens with two attached hydrogens (primary N) is 1. The summed E-state index contributed by atoms with van der Waals surface area (Å²) in [4.78, 5) is 12.8. The van der Waals surface area contributed by atoms with Crippen molar-refractivity contribution in [2.24, 2.45) is 7.05 Å². The first-order valence-electron chi connectivity index (χ1n) is 7.25. The number of imidazole rings is 1. The number of aromatic nitrogens is 4. The van der Waals surface area contributed by atoms with Gasteiger partial charge in [-0.15, -0.1) is 0 Å². The predicted octanol–water partition coefficient (Wildman–Crippen LogP) is 2.31. The molecule has 0 saturated carbocycles. The fraction of sp³-hybridized carbons (Fsp3) is 0.176. The quantitative estimate of drug-likeness (QED) is 0.794. The zero-order chi connectivity index (χ0) is 17.3. The summed E-state index contributed by atoms with van der Waals surface area (Å²) >= 11 is 0. The van der Waals surface area contributed by atoms with Crippen molar-refractivity contribution >= 4 is 5.82 Å². The van der Waals surface area contributed by atoms with Gasteiger partial charge in [-0.1, -0.05) is 0 Å². The molecule has 3 aromatic rings. The standard InChI is InChI=1S/C17H16N6O/c1-10-20-9-15(23(10)2)12-6-14(22-17(19)13(12)7-18)11-4-5-16(24-3)21-8-11/h4-6,8-9H,1-3H3,(H2,19,22). The summed E-state index contributed by atoms with van der Waals surface area (Å²) in [6.07, 6.45) is 3.38. The first kappa shape index (κ1) is 15.5. The zero-order valence-corrected chi connectivity index (χ0v) is 13.6. The molecule has 3 heterocycles. The van der Waals surface area contributed by atoms with Crippen molar-refractivity contribution in [2.45, 2.75) is 6.92 Å². The minimum Gasteiger partial charge on any atom is -0.481 e. The lowest BCUT2D eigenvalue weighted by molar-refractivity contribution is 0.398. The van der Waals surface area contributed by atoms with E-state index in [0.717, 1.165) is 17.1 Å². The zero-order valence-electron chi connectivity index (χ0n) is 13.6. The minimum absolute atomic E-state index is 0.180. The highest BCUT2D eigenvalue weighted by Gasteiger charge is 2.16. The monoisotopic (exact) mass is 320 g/mol. The average Bonchev–Trinajstić information content (AvgIpc) is 2.93. The van der Waals surface area contributed by atoms with E-state index in [0.29, 0.717) is 22.7 Å². The molecule has 3 rings (SSSR count). The summed E-state index contributed by atoms with van der Waals surface area (Å²) in [7, 11) is 3.45. The van der Waals surface area contributed by atoms with Crippen molar-refractivity contribution in [3.05, 3.63) is 42.0 Å². The number of pyridine rings is 2. The van der Waals surface area contributed by atoms with Crippen LogP contribution in [0.15, 0.2) is 30.6 Å². The SMILES string of the molecule is COc1ccc(-c2cc(-c3cnc(C)n3C)c(C#N)c(N)n2)cn1. The van der Waals surface area contributed by atoms with E-state index >= 15 is 0 Å². The summed E-state index contributed by atoms with van der Waals surface area (Å²) in [5.74, 6) is 1.54. The molecule has 0 bridgehead atoms. The lowest BCUT2D eigenvalue weighted by Gasteiger charge is -2.11. The van der Waals surface area contributed by atoms with Gasteiger partial charge in [-0.2, -0.15) is 5.26 Å². The van der Waals surface area contributed by atoms with Gasteiger partial charge in [-0.05, 0) is 19.1 Å². The van der Waals surface area contributed by atoms with E-state index in [-0.39, 0.29) is 5.82 Å². The van der Waals surface area contributed by atoms with Gasteiger partial charge in [0.15, 0.2) is 0 Å². The normalized spacial score (nSPS) is 10.4. The first-order valence-corrected chi connectivity index (χ1v) is 7.25. The molecular weight excluding hydrogens is 304 g/mol. The van der Waals surface area contributed by atoms with E-state index in [4.69, 9.17) is 10.5 Å². The molecule has 0 aromatic carbocycles. The number of hydrogen-bond donors (Lipinski definition) is 1. The van der Waals surface area contributed by atoms with E-state index in [9.17, 15) is 5.26 Å².